The molecule has 1 N–H and O–H groups in total. The zero-order valence-corrected chi connectivity index (χ0v) is 10.9. The van der Waals surface area contributed by atoms with E-state index in [-0.39, 0.29) is 10.7 Å². The summed E-state index contributed by atoms with van der Waals surface area (Å²) in [7, 11) is 1.78. The Morgan fingerprint density at radius 2 is 2.32 bits per heavy atom. The summed E-state index contributed by atoms with van der Waals surface area (Å²) in [6.07, 6.45) is 6.28. The third-order valence-corrected chi connectivity index (χ3v) is 2.58. The SMILES string of the molecule is Cn1cc(/C=C/C(=O)Nc2ccc(Cl)cc2F)cn1. The number of rotatable bonds is 3. The van der Waals surface area contributed by atoms with E-state index in [1.807, 2.05) is 0 Å². The van der Waals surface area contributed by atoms with Crippen LogP contribution in [0.5, 0.6) is 0 Å². The van der Waals surface area contributed by atoms with Crippen LogP contribution in [0.15, 0.2) is 36.7 Å². The highest BCUT2D eigenvalue weighted by atomic mass is 35.5. The Labute approximate surface area is 114 Å². The molecule has 0 aliphatic heterocycles. The Balaban J connectivity index is 2.03. The van der Waals surface area contributed by atoms with Gasteiger partial charge < -0.3 is 5.32 Å². The minimum absolute atomic E-state index is 0.0882. The predicted molar refractivity (Wildman–Crippen MR) is 72.3 cm³/mol. The molecule has 0 radical (unpaired) electrons. The molecule has 0 unspecified atom stereocenters. The van der Waals surface area contributed by atoms with E-state index in [1.54, 1.807) is 30.2 Å². The van der Waals surface area contributed by atoms with Gasteiger partial charge >= 0.3 is 0 Å². The standard InChI is InChI=1S/C13H11ClFN3O/c1-18-8-9(7-16-18)2-5-13(19)17-12-4-3-10(14)6-11(12)15/h2-8H,1H3,(H,17,19)/b5-2+. The minimum Gasteiger partial charge on any atom is -0.320 e. The van der Waals surface area contributed by atoms with E-state index < -0.39 is 11.7 Å². The summed E-state index contributed by atoms with van der Waals surface area (Å²) in [5.74, 6) is -0.999. The van der Waals surface area contributed by atoms with E-state index in [0.717, 1.165) is 11.6 Å². The number of carbonyl (C=O) groups is 1. The van der Waals surface area contributed by atoms with Gasteiger partial charge in [0.05, 0.1) is 11.9 Å². The first-order chi connectivity index (χ1) is 9.04. The maximum absolute atomic E-state index is 13.4. The molecule has 1 amide bonds. The molecule has 0 saturated heterocycles. The first-order valence-corrected chi connectivity index (χ1v) is 5.85. The summed E-state index contributed by atoms with van der Waals surface area (Å²) >= 11 is 5.62. The fourth-order valence-electron chi connectivity index (χ4n) is 1.46. The number of nitrogens with one attached hydrogen (secondary N) is 1. The normalized spacial score (nSPS) is 10.9. The Bertz CT molecular complexity index is 637. The first-order valence-electron chi connectivity index (χ1n) is 5.47. The van der Waals surface area contributed by atoms with Crippen molar-refractivity contribution in [2.75, 3.05) is 5.32 Å². The third-order valence-electron chi connectivity index (χ3n) is 2.34. The summed E-state index contributed by atoms with van der Waals surface area (Å²) in [5, 5.41) is 6.67. The van der Waals surface area contributed by atoms with Crippen LogP contribution in [-0.2, 0) is 11.8 Å². The maximum atomic E-state index is 13.4. The van der Waals surface area contributed by atoms with Crippen molar-refractivity contribution in [3.8, 4) is 0 Å². The molecule has 6 heteroatoms. The van der Waals surface area contributed by atoms with Crippen molar-refractivity contribution in [1.29, 1.82) is 0 Å². The largest absolute Gasteiger partial charge is 0.320 e. The summed E-state index contributed by atoms with van der Waals surface area (Å²) in [6, 6.07) is 4.06. The molecule has 1 aromatic carbocycles. The van der Waals surface area contributed by atoms with Gasteiger partial charge in [-0.1, -0.05) is 11.6 Å². The zero-order chi connectivity index (χ0) is 13.8. The molecular weight excluding hydrogens is 269 g/mol. The van der Waals surface area contributed by atoms with E-state index >= 15 is 0 Å². The molecule has 0 atom stereocenters. The fourth-order valence-corrected chi connectivity index (χ4v) is 1.62. The molecule has 0 spiro atoms. The Kier molecular flexibility index (Phi) is 3.97. The monoisotopic (exact) mass is 279 g/mol. The zero-order valence-electron chi connectivity index (χ0n) is 10.1. The van der Waals surface area contributed by atoms with Crippen molar-refractivity contribution in [2.45, 2.75) is 0 Å². The molecule has 0 aliphatic rings. The average Bonchev–Trinajstić information content (AvgIpc) is 2.76. The Hall–Kier alpha value is -2.14. The van der Waals surface area contributed by atoms with Crippen LogP contribution in [0.1, 0.15) is 5.56 Å². The smallest absolute Gasteiger partial charge is 0.248 e. The van der Waals surface area contributed by atoms with Gasteiger partial charge in [-0.05, 0) is 24.3 Å². The van der Waals surface area contributed by atoms with Crippen LogP contribution in [0.2, 0.25) is 5.02 Å². The number of anilines is 1. The number of hydrogen-bond acceptors (Lipinski definition) is 2. The van der Waals surface area contributed by atoms with Crippen molar-refractivity contribution in [1.82, 2.24) is 9.78 Å². The number of benzene rings is 1. The summed E-state index contributed by atoms with van der Waals surface area (Å²) in [5.41, 5.74) is 0.875. The summed E-state index contributed by atoms with van der Waals surface area (Å²) in [6.45, 7) is 0. The van der Waals surface area contributed by atoms with Gasteiger partial charge in [-0.3, -0.25) is 9.48 Å². The molecule has 0 bridgehead atoms. The predicted octanol–water partition coefficient (Wildman–Crippen LogP) is 2.86. The molecule has 0 fully saturated rings. The number of halogens is 2. The van der Waals surface area contributed by atoms with Crippen molar-refractivity contribution < 1.29 is 9.18 Å². The van der Waals surface area contributed by atoms with Gasteiger partial charge in [-0.2, -0.15) is 5.10 Å². The van der Waals surface area contributed by atoms with Gasteiger partial charge in [0.25, 0.3) is 0 Å². The number of amides is 1. The molecule has 1 heterocycles. The molecule has 2 rings (SSSR count). The van der Waals surface area contributed by atoms with Crippen molar-refractivity contribution >= 4 is 29.3 Å². The van der Waals surface area contributed by atoms with Crippen LogP contribution in [0, 0.1) is 5.82 Å². The third kappa shape index (κ3) is 3.66. The molecule has 1 aromatic heterocycles. The average molecular weight is 280 g/mol. The first kappa shape index (κ1) is 13.3. The van der Waals surface area contributed by atoms with Crippen LogP contribution in [0.3, 0.4) is 0 Å². The van der Waals surface area contributed by atoms with E-state index in [9.17, 15) is 9.18 Å². The van der Waals surface area contributed by atoms with Crippen LogP contribution in [0.4, 0.5) is 10.1 Å². The summed E-state index contributed by atoms with van der Waals surface area (Å²) < 4.78 is 15.1. The lowest BCUT2D eigenvalue weighted by molar-refractivity contribution is -0.111. The number of carbonyl (C=O) groups excluding carboxylic acids is 1. The highest BCUT2D eigenvalue weighted by Crippen LogP contribution is 2.18. The van der Waals surface area contributed by atoms with E-state index in [4.69, 9.17) is 11.6 Å². The van der Waals surface area contributed by atoms with Crippen LogP contribution in [0.25, 0.3) is 6.08 Å². The van der Waals surface area contributed by atoms with Gasteiger partial charge in [0.1, 0.15) is 5.82 Å². The fraction of sp³-hybridized carbons (Fsp3) is 0.0769. The molecule has 0 saturated carbocycles. The van der Waals surface area contributed by atoms with E-state index in [1.165, 1.54) is 18.2 Å². The molecule has 19 heavy (non-hydrogen) atoms. The highest BCUT2D eigenvalue weighted by Gasteiger charge is 2.05. The quantitative estimate of drug-likeness (QED) is 0.878. The topological polar surface area (TPSA) is 46.9 Å². The number of hydrogen-bond donors (Lipinski definition) is 1. The van der Waals surface area contributed by atoms with E-state index in [0.29, 0.717) is 0 Å². The second-order valence-corrected chi connectivity index (χ2v) is 4.33. The van der Waals surface area contributed by atoms with Gasteiger partial charge in [0.2, 0.25) is 5.91 Å². The Morgan fingerprint density at radius 1 is 1.53 bits per heavy atom. The maximum Gasteiger partial charge on any atom is 0.248 e. The molecule has 4 nitrogen and oxygen atoms in total. The lowest BCUT2D eigenvalue weighted by Crippen LogP contribution is -2.09. The molecule has 0 aliphatic carbocycles. The number of aromatic nitrogens is 2. The molecular formula is C13H11ClFN3O. The van der Waals surface area contributed by atoms with Gasteiger partial charge in [-0.25, -0.2) is 4.39 Å². The van der Waals surface area contributed by atoms with Crippen LogP contribution in [-0.4, -0.2) is 15.7 Å². The van der Waals surface area contributed by atoms with Gasteiger partial charge in [-0.15, -0.1) is 0 Å². The lowest BCUT2D eigenvalue weighted by atomic mass is 10.3. The molecule has 98 valence electrons. The van der Waals surface area contributed by atoms with Crippen LogP contribution < -0.4 is 5.32 Å². The van der Waals surface area contributed by atoms with Crippen molar-refractivity contribution in [2.24, 2.45) is 7.05 Å². The highest BCUT2D eigenvalue weighted by molar-refractivity contribution is 6.30. The second-order valence-electron chi connectivity index (χ2n) is 3.89. The Morgan fingerprint density at radius 3 is 2.95 bits per heavy atom. The van der Waals surface area contributed by atoms with Gasteiger partial charge in [0.15, 0.2) is 0 Å². The van der Waals surface area contributed by atoms with Gasteiger partial charge in [0, 0.05) is 29.9 Å². The number of aryl methyl sites for hydroxylation is 1. The number of nitrogens with zero attached hydrogens (tertiary/aromatic N) is 2. The van der Waals surface area contributed by atoms with Crippen molar-refractivity contribution in [3.05, 3.63) is 53.1 Å². The van der Waals surface area contributed by atoms with E-state index in [2.05, 4.69) is 10.4 Å². The summed E-state index contributed by atoms with van der Waals surface area (Å²) in [4.78, 5) is 11.6. The van der Waals surface area contributed by atoms with Crippen LogP contribution >= 0.6 is 11.6 Å². The second kappa shape index (κ2) is 5.67. The van der Waals surface area contributed by atoms with Crippen molar-refractivity contribution in [3.63, 3.8) is 0 Å². The lowest BCUT2D eigenvalue weighted by Gasteiger charge is -2.03. The molecule has 2 aromatic rings. The minimum atomic E-state index is -0.573.